The molecular formula is C21H25N3O3S. The highest BCUT2D eigenvalue weighted by Gasteiger charge is 2.19. The monoisotopic (exact) mass is 399 g/mol. The molecule has 1 aromatic carbocycles. The van der Waals surface area contributed by atoms with Crippen LogP contribution in [0.25, 0.3) is 10.2 Å². The first kappa shape index (κ1) is 19.0. The molecule has 0 bridgehead atoms. The van der Waals surface area contributed by atoms with Gasteiger partial charge in [0.05, 0.1) is 19.2 Å². The minimum Gasteiger partial charge on any atom is -0.493 e. The van der Waals surface area contributed by atoms with Crippen LogP contribution in [-0.4, -0.2) is 41.3 Å². The first-order valence-corrected chi connectivity index (χ1v) is 10.5. The zero-order valence-corrected chi connectivity index (χ0v) is 17.3. The second kappa shape index (κ2) is 7.93. The number of hydrogen-bond acceptors (Lipinski definition) is 6. The number of thiophene rings is 1. The van der Waals surface area contributed by atoms with Crippen molar-refractivity contribution in [3.63, 3.8) is 0 Å². The van der Waals surface area contributed by atoms with E-state index in [-0.39, 0.29) is 5.56 Å². The Balaban J connectivity index is 1.55. The molecule has 0 radical (unpaired) electrons. The molecule has 0 amide bonds. The van der Waals surface area contributed by atoms with Gasteiger partial charge >= 0.3 is 0 Å². The number of hydrogen-bond donors (Lipinski definition) is 0. The Labute approximate surface area is 168 Å². The van der Waals surface area contributed by atoms with Gasteiger partial charge in [-0.15, -0.1) is 11.3 Å². The van der Waals surface area contributed by atoms with Crippen molar-refractivity contribution >= 4 is 21.6 Å². The molecule has 0 aliphatic carbocycles. The van der Waals surface area contributed by atoms with Crippen LogP contribution in [-0.2, 0) is 19.5 Å². The maximum Gasteiger partial charge on any atom is 0.271 e. The van der Waals surface area contributed by atoms with Gasteiger partial charge in [0.2, 0.25) is 0 Å². The van der Waals surface area contributed by atoms with Crippen molar-refractivity contribution in [3.05, 3.63) is 50.9 Å². The Morgan fingerprint density at radius 1 is 1.21 bits per heavy atom. The Morgan fingerprint density at radius 2 is 2.07 bits per heavy atom. The van der Waals surface area contributed by atoms with E-state index in [1.165, 1.54) is 16.9 Å². The minimum atomic E-state index is 0.100. The third kappa shape index (κ3) is 3.52. The summed E-state index contributed by atoms with van der Waals surface area (Å²) in [5.74, 6) is 2.42. The Hall–Kier alpha value is -2.38. The molecule has 2 aromatic heterocycles. The van der Waals surface area contributed by atoms with Crippen LogP contribution in [0, 0.1) is 6.92 Å². The van der Waals surface area contributed by atoms with E-state index in [2.05, 4.69) is 11.0 Å². The fourth-order valence-corrected chi connectivity index (χ4v) is 4.63. The molecule has 0 saturated carbocycles. The number of ether oxygens (including phenoxy) is 2. The molecule has 3 aromatic rings. The predicted molar refractivity (Wildman–Crippen MR) is 112 cm³/mol. The van der Waals surface area contributed by atoms with Crippen LogP contribution in [0.4, 0.5) is 0 Å². The molecule has 0 N–H and O–H groups in total. The molecule has 0 unspecified atom stereocenters. The lowest BCUT2D eigenvalue weighted by Crippen LogP contribution is -2.28. The van der Waals surface area contributed by atoms with Gasteiger partial charge in [-0.3, -0.25) is 14.3 Å². The SMILES string of the molecule is CCOc1cc(CN2CCc3nc4c(C)csc4c(=O)n3CC2)ccc1OC. The highest BCUT2D eigenvalue weighted by Crippen LogP contribution is 2.29. The highest BCUT2D eigenvalue weighted by atomic mass is 32.1. The number of nitrogens with zero attached hydrogens (tertiary/aromatic N) is 3. The fourth-order valence-electron chi connectivity index (χ4n) is 3.69. The standard InChI is InChI=1S/C21H25N3O3S/c1-4-27-17-11-15(5-6-16(17)26-3)12-23-8-7-18-22-19-14(2)13-28-20(19)21(25)24(18)10-9-23/h5-6,11,13H,4,7-10,12H2,1-3H3. The molecule has 28 heavy (non-hydrogen) atoms. The number of fused-ring (bicyclic) bond motifs is 2. The van der Waals surface area contributed by atoms with E-state index >= 15 is 0 Å². The van der Waals surface area contributed by atoms with E-state index in [1.54, 1.807) is 7.11 Å². The van der Waals surface area contributed by atoms with Gasteiger partial charge in [0.25, 0.3) is 5.56 Å². The normalized spacial score (nSPS) is 14.7. The van der Waals surface area contributed by atoms with Crippen molar-refractivity contribution in [2.24, 2.45) is 0 Å². The summed E-state index contributed by atoms with van der Waals surface area (Å²) in [6.07, 6.45) is 0.773. The summed E-state index contributed by atoms with van der Waals surface area (Å²) in [5, 5.41) is 2.02. The van der Waals surface area contributed by atoms with Crippen LogP contribution in [0.5, 0.6) is 11.5 Å². The van der Waals surface area contributed by atoms with E-state index in [9.17, 15) is 4.79 Å². The second-order valence-corrected chi connectivity index (χ2v) is 7.91. The smallest absolute Gasteiger partial charge is 0.271 e. The van der Waals surface area contributed by atoms with Gasteiger partial charge in [-0.1, -0.05) is 6.07 Å². The quantitative estimate of drug-likeness (QED) is 0.659. The number of aryl methyl sites for hydroxylation is 1. The van der Waals surface area contributed by atoms with Gasteiger partial charge in [-0.2, -0.15) is 0 Å². The van der Waals surface area contributed by atoms with Crippen molar-refractivity contribution in [1.82, 2.24) is 14.5 Å². The van der Waals surface area contributed by atoms with Crippen LogP contribution in [0.2, 0.25) is 0 Å². The first-order valence-electron chi connectivity index (χ1n) is 9.60. The topological polar surface area (TPSA) is 56.6 Å². The lowest BCUT2D eigenvalue weighted by Gasteiger charge is -2.20. The molecule has 1 aliphatic heterocycles. The molecule has 0 saturated heterocycles. The molecule has 4 rings (SSSR count). The van der Waals surface area contributed by atoms with E-state index < -0.39 is 0 Å². The highest BCUT2D eigenvalue weighted by molar-refractivity contribution is 7.17. The number of benzene rings is 1. The number of rotatable bonds is 5. The van der Waals surface area contributed by atoms with Gasteiger partial charge in [0.15, 0.2) is 11.5 Å². The second-order valence-electron chi connectivity index (χ2n) is 7.03. The summed E-state index contributed by atoms with van der Waals surface area (Å²) >= 11 is 1.50. The summed E-state index contributed by atoms with van der Waals surface area (Å²) in [6, 6.07) is 6.07. The molecule has 0 spiro atoms. The van der Waals surface area contributed by atoms with Crippen molar-refractivity contribution in [3.8, 4) is 11.5 Å². The maximum atomic E-state index is 12.9. The molecule has 0 fully saturated rings. The van der Waals surface area contributed by atoms with Crippen LogP contribution in [0.1, 0.15) is 23.9 Å². The van der Waals surface area contributed by atoms with E-state index in [4.69, 9.17) is 14.5 Å². The Bertz CT molecular complexity index is 1060. The van der Waals surface area contributed by atoms with Crippen molar-refractivity contribution in [2.45, 2.75) is 33.4 Å². The summed E-state index contributed by atoms with van der Waals surface area (Å²) in [5.41, 5.74) is 3.23. The van der Waals surface area contributed by atoms with Gasteiger partial charge in [-0.25, -0.2) is 4.98 Å². The molecule has 7 heteroatoms. The summed E-state index contributed by atoms with van der Waals surface area (Å²) < 4.78 is 13.7. The summed E-state index contributed by atoms with van der Waals surface area (Å²) in [4.78, 5) is 20.1. The summed E-state index contributed by atoms with van der Waals surface area (Å²) in [7, 11) is 1.65. The fraction of sp³-hybridized carbons (Fsp3) is 0.429. The van der Waals surface area contributed by atoms with Crippen LogP contribution in [0.15, 0.2) is 28.4 Å². The zero-order chi connectivity index (χ0) is 19.7. The predicted octanol–water partition coefficient (Wildman–Crippen LogP) is 3.23. The maximum absolute atomic E-state index is 12.9. The lowest BCUT2D eigenvalue weighted by atomic mass is 10.2. The van der Waals surface area contributed by atoms with Crippen molar-refractivity contribution < 1.29 is 9.47 Å². The average molecular weight is 400 g/mol. The Kier molecular flexibility index (Phi) is 5.37. The van der Waals surface area contributed by atoms with Gasteiger partial charge in [0, 0.05) is 32.6 Å². The van der Waals surface area contributed by atoms with Crippen LogP contribution >= 0.6 is 11.3 Å². The molecule has 148 valence electrons. The third-order valence-corrected chi connectivity index (χ3v) is 6.23. The zero-order valence-electron chi connectivity index (χ0n) is 16.5. The summed E-state index contributed by atoms with van der Waals surface area (Å²) in [6.45, 7) is 7.75. The number of aromatic nitrogens is 2. The van der Waals surface area contributed by atoms with Gasteiger partial charge in [-0.05, 0) is 42.5 Å². The third-order valence-electron chi connectivity index (χ3n) is 5.16. The average Bonchev–Trinajstić information content (AvgIpc) is 2.94. The van der Waals surface area contributed by atoms with Gasteiger partial charge in [0.1, 0.15) is 10.5 Å². The first-order chi connectivity index (χ1) is 13.6. The molecule has 1 aliphatic rings. The van der Waals surface area contributed by atoms with E-state index in [0.717, 1.165) is 59.2 Å². The van der Waals surface area contributed by atoms with E-state index in [1.807, 2.05) is 35.9 Å². The molecule has 6 nitrogen and oxygen atoms in total. The van der Waals surface area contributed by atoms with Gasteiger partial charge < -0.3 is 9.47 Å². The minimum absolute atomic E-state index is 0.100. The lowest BCUT2D eigenvalue weighted by molar-refractivity contribution is 0.269. The van der Waals surface area contributed by atoms with Crippen LogP contribution in [0.3, 0.4) is 0 Å². The molecular weight excluding hydrogens is 374 g/mol. The van der Waals surface area contributed by atoms with E-state index in [0.29, 0.717) is 13.2 Å². The van der Waals surface area contributed by atoms with Crippen molar-refractivity contribution in [1.29, 1.82) is 0 Å². The van der Waals surface area contributed by atoms with Crippen LogP contribution < -0.4 is 15.0 Å². The Morgan fingerprint density at radius 3 is 2.86 bits per heavy atom. The van der Waals surface area contributed by atoms with Crippen molar-refractivity contribution in [2.75, 3.05) is 26.8 Å². The largest absolute Gasteiger partial charge is 0.493 e. The molecule has 0 atom stereocenters. The molecule has 3 heterocycles. The number of methoxy groups -OCH3 is 1.